The van der Waals surface area contributed by atoms with Gasteiger partial charge in [-0.1, -0.05) is 18.2 Å². The fourth-order valence-corrected chi connectivity index (χ4v) is 4.06. The molecule has 1 atom stereocenters. The average molecular weight is 462 g/mol. The molecule has 9 heteroatoms. The van der Waals surface area contributed by atoms with Crippen LogP contribution in [0.15, 0.2) is 42.5 Å². The van der Waals surface area contributed by atoms with Gasteiger partial charge >= 0.3 is 0 Å². The van der Waals surface area contributed by atoms with Gasteiger partial charge in [0.1, 0.15) is 18.3 Å². The maximum atomic E-state index is 13.3. The lowest BCUT2D eigenvalue weighted by Crippen LogP contribution is -2.50. The molecular formula is C23H31N3O5S. The first kappa shape index (κ1) is 25.2. The number of amides is 2. The van der Waals surface area contributed by atoms with Crippen LogP contribution in [0.3, 0.4) is 0 Å². The first-order valence-electron chi connectivity index (χ1n) is 10.2. The van der Waals surface area contributed by atoms with Crippen LogP contribution in [0.1, 0.15) is 23.6 Å². The molecule has 2 aromatic rings. The highest BCUT2D eigenvalue weighted by atomic mass is 32.2. The van der Waals surface area contributed by atoms with Crippen molar-refractivity contribution in [2.24, 2.45) is 0 Å². The number of benzene rings is 2. The number of aryl methyl sites for hydroxylation is 2. The second-order valence-corrected chi connectivity index (χ2v) is 9.60. The first-order chi connectivity index (χ1) is 15.0. The van der Waals surface area contributed by atoms with Crippen LogP contribution in [0, 0.1) is 13.8 Å². The fraction of sp³-hybridized carbons (Fsp3) is 0.391. The lowest BCUT2D eigenvalue weighted by atomic mass is 10.1. The summed E-state index contributed by atoms with van der Waals surface area (Å²) in [6.45, 7) is 5.14. The molecular weight excluding hydrogens is 430 g/mol. The van der Waals surface area contributed by atoms with Crippen LogP contribution in [0.5, 0.6) is 5.75 Å². The highest BCUT2D eigenvalue weighted by molar-refractivity contribution is 7.92. The maximum Gasteiger partial charge on any atom is 0.244 e. The topological polar surface area (TPSA) is 96.0 Å². The van der Waals surface area contributed by atoms with Gasteiger partial charge in [0.15, 0.2) is 0 Å². The molecule has 0 heterocycles. The number of nitrogens with zero attached hydrogens (tertiary/aromatic N) is 2. The van der Waals surface area contributed by atoms with E-state index in [-0.39, 0.29) is 12.5 Å². The van der Waals surface area contributed by atoms with Gasteiger partial charge < -0.3 is 15.0 Å². The third-order valence-electron chi connectivity index (χ3n) is 5.38. The van der Waals surface area contributed by atoms with Gasteiger partial charge in [-0.3, -0.25) is 13.9 Å². The van der Waals surface area contributed by atoms with Crippen LogP contribution >= 0.6 is 0 Å². The quantitative estimate of drug-likeness (QED) is 0.618. The predicted octanol–water partition coefficient (Wildman–Crippen LogP) is 2.24. The number of anilines is 1. The fourth-order valence-electron chi connectivity index (χ4n) is 3.21. The summed E-state index contributed by atoms with van der Waals surface area (Å²) < 4.78 is 31.3. The summed E-state index contributed by atoms with van der Waals surface area (Å²) in [5.74, 6) is -0.159. The number of nitrogens with one attached hydrogen (secondary N) is 1. The Kier molecular flexibility index (Phi) is 8.26. The van der Waals surface area contributed by atoms with Crippen molar-refractivity contribution < 1.29 is 22.7 Å². The van der Waals surface area contributed by atoms with Crippen molar-refractivity contribution in [1.82, 2.24) is 10.2 Å². The van der Waals surface area contributed by atoms with Gasteiger partial charge in [0.2, 0.25) is 21.8 Å². The second-order valence-electron chi connectivity index (χ2n) is 7.70. The summed E-state index contributed by atoms with van der Waals surface area (Å²) in [7, 11) is -0.687. The molecule has 174 valence electrons. The number of carbonyl (C=O) groups is 2. The van der Waals surface area contributed by atoms with E-state index in [4.69, 9.17) is 4.74 Å². The predicted molar refractivity (Wildman–Crippen MR) is 125 cm³/mol. The maximum absolute atomic E-state index is 13.3. The zero-order chi connectivity index (χ0) is 24.1. The number of hydrogen-bond acceptors (Lipinski definition) is 5. The third kappa shape index (κ3) is 6.23. The molecule has 0 radical (unpaired) electrons. The number of methoxy groups -OCH3 is 1. The molecule has 1 unspecified atom stereocenters. The number of carbonyl (C=O) groups excluding carboxylic acids is 2. The van der Waals surface area contributed by atoms with E-state index >= 15 is 0 Å². The molecule has 0 aliphatic heterocycles. The molecule has 2 amide bonds. The largest absolute Gasteiger partial charge is 0.497 e. The van der Waals surface area contributed by atoms with E-state index in [1.165, 1.54) is 11.9 Å². The number of ether oxygens (including phenoxy) is 1. The Morgan fingerprint density at radius 1 is 1.06 bits per heavy atom. The molecule has 8 nitrogen and oxygen atoms in total. The highest BCUT2D eigenvalue weighted by Gasteiger charge is 2.29. The van der Waals surface area contributed by atoms with E-state index < -0.39 is 28.5 Å². The summed E-state index contributed by atoms with van der Waals surface area (Å²) in [5, 5.41) is 2.55. The normalized spacial score (nSPS) is 12.1. The third-order valence-corrected chi connectivity index (χ3v) is 6.52. The monoisotopic (exact) mass is 461 g/mol. The molecule has 32 heavy (non-hydrogen) atoms. The van der Waals surface area contributed by atoms with Crippen molar-refractivity contribution in [3.8, 4) is 5.75 Å². The molecule has 0 saturated carbocycles. The van der Waals surface area contributed by atoms with E-state index in [9.17, 15) is 18.0 Å². The Morgan fingerprint density at radius 2 is 1.69 bits per heavy atom. The van der Waals surface area contributed by atoms with Gasteiger partial charge in [0.25, 0.3) is 0 Å². The smallest absolute Gasteiger partial charge is 0.244 e. The Hall–Kier alpha value is -3.07. The second kappa shape index (κ2) is 10.5. The Balaban J connectivity index is 2.38. The van der Waals surface area contributed by atoms with Crippen molar-refractivity contribution in [2.75, 3.05) is 31.3 Å². The van der Waals surface area contributed by atoms with Gasteiger partial charge in [0, 0.05) is 13.6 Å². The van der Waals surface area contributed by atoms with Crippen molar-refractivity contribution in [2.45, 2.75) is 33.4 Å². The lowest BCUT2D eigenvalue weighted by Gasteiger charge is -2.31. The van der Waals surface area contributed by atoms with Crippen molar-refractivity contribution >= 4 is 27.5 Å². The minimum absolute atomic E-state index is 0.141. The van der Waals surface area contributed by atoms with Crippen LogP contribution < -0.4 is 14.4 Å². The summed E-state index contributed by atoms with van der Waals surface area (Å²) >= 11 is 0. The average Bonchev–Trinajstić information content (AvgIpc) is 2.76. The molecule has 0 bridgehead atoms. The van der Waals surface area contributed by atoms with Crippen LogP contribution in [-0.4, -0.2) is 58.1 Å². The Labute approximate surface area is 190 Å². The Bertz CT molecular complexity index is 1070. The van der Waals surface area contributed by atoms with Crippen LogP contribution in [0.4, 0.5) is 5.69 Å². The van der Waals surface area contributed by atoms with Crippen molar-refractivity contribution in [3.05, 3.63) is 59.2 Å². The highest BCUT2D eigenvalue weighted by Crippen LogP contribution is 2.22. The molecule has 1 N–H and O–H groups in total. The first-order valence-corrected chi connectivity index (χ1v) is 12.0. The summed E-state index contributed by atoms with van der Waals surface area (Å²) in [6.07, 6.45) is 1.06. The summed E-state index contributed by atoms with van der Waals surface area (Å²) in [6, 6.07) is 11.6. The molecule has 0 aliphatic rings. The van der Waals surface area contributed by atoms with Crippen LogP contribution in [0.2, 0.25) is 0 Å². The van der Waals surface area contributed by atoms with Gasteiger partial charge in [-0.15, -0.1) is 0 Å². The lowest BCUT2D eigenvalue weighted by molar-refractivity contribution is -0.139. The summed E-state index contributed by atoms with van der Waals surface area (Å²) in [5.41, 5.74) is 3.12. The van der Waals surface area contributed by atoms with E-state index in [2.05, 4.69) is 5.32 Å². The molecule has 0 aromatic heterocycles. The van der Waals surface area contributed by atoms with Crippen molar-refractivity contribution in [1.29, 1.82) is 0 Å². The minimum atomic E-state index is -3.74. The van der Waals surface area contributed by atoms with Gasteiger partial charge in [-0.2, -0.15) is 0 Å². The Morgan fingerprint density at radius 3 is 2.19 bits per heavy atom. The zero-order valence-electron chi connectivity index (χ0n) is 19.4. The van der Waals surface area contributed by atoms with Crippen LogP contribution in [0.25, 0.3) is 0 Å². The van der Waals surface area contributed by atoms with Crippen LogP contribution in [-0.2, 0) is 26.2 Å². The van der Waals surface area contributed by atoms with Gasteiger partial charge in [-0.25, -0.2) is 8.42 Å². The van der Waals surface area contributed by atoms with Crippen molar-refractivity contribution in [3.63, 3.8) is 0 Å². The molecule has 2 rings (SSSR count). The van der Waals surface area contributed by atoms with Gasteiger partial charge in [-0.05, 0) is 61.7 Å². The number of sulfonamides is 1. The minimum Gasteiger partial charge on any atom is -0.497 e. The molecule has 2 aromatic carbocycles. The summed E-state index contributed by atoms with van der Waals surface area (Å²) in [4.78, 5) is 27.0. The van der Waals surface area contributed by atoms with E-state index in [1.54, 1.807) is 50.4 Å². The molecule has 0 saturated heterocycles. The molecule has 0 aliphatic carbocycles. The molecule has 0 spiro atoms. The zero-order valence-corrected chi connectivity index (χ0v) is 20.2. The molecule has 0 fully saturated rings. The number of hydrogen-bond donors (Lipinski definition) is 1. The standard InChI is InChI=1S/C23H31N3O5S/c1-16-7-10-20(13-17(16)2)26(32(6,29)30)15-22(27)25(18(3)23(28)24-4)14-19-8-11-21(31-5)12-9-19/h7-13,18H,14-15H2,1-6H3,(H,24,28). The number of likely N-dealkylation sites (N-methyl/N-ethyl adjacent to an activating group) is 1. The van der Waals surface area contributed by atoms with E-state index in [0.717, 1.165) is 27.3 Å². The SMILES string of the molecule is CNC(=O)C(C)N(Cc1ccc(OC)cc1)C(=O)CN(c1ccc(C)c(C)c1)S(C)(=O)=O. The number of rotatable bonds is 9. The van der Waals surface area contributed by atoms with Gasteiger partial charge in [0.05, 0.1) is 19.1 Å². The van der Waals surface area contributed by atoms with E-state index in [1.807, 2.05) is 19.9 Å². The van der Waals surface area contributed by atoms with E-state index in [0.29, 0.717) is 11.4 Å².